The zero-order valence-corrected chi connectivity index (χ0v) is 13.7. The van der Waals surface area contributed by atoms with Gasteiger partial charge in [-0.25, -0.2) is 4.98 Å². The minimum atomic E-state index is 0.0935. The topological polar surface area (TPSA) is 51.4 Å². The summed E-state index contributed by atoms with van der Waals surface area (Å²) in [7, 11) is 0. The number of morpholine rings is 1. The molecule has 2 atom stereocenters. The smallest absolute Gasteiger partial charge is 0.123 e. The van der Waals surface area contributed by atoms with Gasteiger partial charge in [-0.2, -0.15) is 0 Å². The van der Waals surface area contributed by atoms with E-state index in [2.05, 4.69) is 47.1 Å². The predicted octanol–water partition coefficient (Wildman–Crippen LogP) is 3.06. The minimum Gasteiger partial charge on any atom is -0.384 e. The fourth-order valence-corrected chi connectivity index (χ4v) is 3.06. The summed E-state index contributed by atoms with van der Waals surface area (Å²) in [5, 5.41) is 0. The summed E-state index contributed by atoms with van der Waals surface area (Å²) in [5.74, 6) is 0.553. The number of rotatable bonds is 5. The van der Waals surface area contributed by atoms with Gasteiger partial charge in [-0.15, -0.1) is 0 Å². The van der Waals surface area contributed by atoms with Gasteiger partial charge in [-0.3, -0.25) is 4.90 Å². The Bertz CT molecular complexity index is 600. The van der Waals surface area contributed by atoms with Crippen LogP contribution in [0, 0.1) is 0 Å². The monoisotopic (exact) mass is 311 g/mol. The van der Waals surface area contributed by atoms with Crippen molar-refractivity contribution in [1.82, 2.24) is 9.88 Å². The lowest BCUT2D eigenvalue weighted by Gasteiger charge is -2.38. The van der Waals surface area contributed by atoms with E-state index < -0.39 is 0 Å². The van der Waals surface area contributed by atoms with Gasteiger partial charge in [-0.05, 0) is 37.9 Å². The molecular formula is C19H25N3O. The number of hydrogen-bond acceptors (Lipinski definition) is 4. The van der Waals surface area contributed by atoms with E-state index in [0.717, 1.165) is 31.7 Å². The standard InChI is InChI=1S/C19H25N3O/c1-15-14-23-18(17-9-10-19(20)21-12-17)13-22(15)11-5-8-16-6-3-2-4-7-16/h2-4,6-7,9-10,12,15,18H,5,8,11,13-14H2,1H3,(H2,20,21)/t15-,18?/m0/s1. The Hall–Kier alpha value is -1.91. The average Bonchev–Trinajstić information content (AvgIpc) is 2.58. The highest BCUT2D eigenvalue weighted by molar-refractivity contribution is 5.30. The number of aryl methyl sites for hydroxylation is 1. The fourth-order valence-electron chi connectivity index (χ4n) is 3.06. The summed E-state index contributed by atoms with van der Waals surface area (Å²) in [4.78, 5) is 6.70. The molecule has 1 aliphatic heterocycles. The molecule has 1 aromatic carbocycles. The van der Waals surface area contributed by atoms with Crippen molar-refractivity contribution in [3.8, 4) is 0 Å². The molecule has 1 aromatic heterocycles. The first-order valence-electron chi connectivity index (χ1n) is 8.33. The van der Waals surface area contributed by atoms with E-state index in [1.165, 1.54) is 12.0 Å². The van der Waals surface area contributed by atoms with Crippen LogP contribution in [0.1, 0.15) is 30.6 Å². The molecule has 1 aliphatic rings. The van der Waals surface area contributed by atoms with E-state index >= 15 is 0 Å². The van der Waals surface area contributed by atoms with E-state index in [1.807, 2.05) is 18.3 Å². The van der Waals surface area contributed by atoms with Crippen molar-refractivity contribution in [3.63, 3.8) is 0 Å². The van der Waals surface area contributed by atoms with E-state index in [-0.39, 0.29) is 6.10 Å². The largest absolute Gasteiger partial charge is 0.384 e. The molecule has 122 valence electrons. The molecule has 0 aliphatic carbocycles. The van der Waals surface area contributed by atoms with Crippen LogP contribution in [-0.2, 0) is 11.2 Å². The maximum absolute atomic E-state index is 5.99. The van der Waals surface area contributed by atoms with Gasteiger partial charge in [0.2, 0.25) is 0 Å². The number of benzene rings is 1. The van der Waals surface area contributed by atoms with Gasteiger partial charge in [-0.1, -0.05) is 36.4 Å². The zero-order chi connectivity index (χ0) is 16.1. The Morgan fingerprint density at radius 2 is 2.04 bits per heavy atom. The molecule has 2 aromatic rings. The Morgan fingerprint density at radius 1 is 1.22 bits per heavy atom. The molecule has 4 nitrogen and oxygen atoms in total. The van der Waals surface area contributed by atoms with Crippen LogP contribution in [0.4, 0.5) is 5.82 Å². The van der Waals surface area contributed by atoms with Crippen LogP contribution in [0.5, 0.6) is 0 Å². The SMILES string of the molecule is C[C@H]1COC(c2ccc(N)nc2)CN1CCCc1ccccc1. The first-order valence-corrected chi connectivity index (χ1v) is 8.33. The number of ether oxygens (including phenoxy) is 1. The number of pyridine rings is 1. The number of nitrogen functional groups attached to an aromatic ring is 1. The molecular weight excluding hydrogens is 286 g/mol. The van der Waals surface area contributed by atoms with Crippen LogP contribution in [-0.4, -0.2) is 35.6 Å². The predicted molar refractivity (Wildman–Crippen MR) is 93.1 cm³/mol. The molecule has 3 rings (SSSR count). The van der Waals surface area contributed by atoms with Gasteiger partial charge < -0.3 is 10.5 Å². The maximum Gasteiger partial charge on any atom is 0.123 e. The molecule has 4 heteroatoms. The van der Waals surface area contributed by atoms with E-state index in [4.69, 9.17) is 10.5 Å². The van der Waals surface area contributed by atoms with Crippen molar-refractivity contribution in [3.05, 3.63) is 59.8 Å². The third-order valence-electron chi connectivity index (χ3n) is 4.50. The van der Waals surface area contributed by atoms with Crippen LogP contribution in [0.25, 0.3) is 0 Å². The van der Waals surface area contributed by atoms with Crippen molar-refractivity contribution in [2.45, 2.75) is 31.9 Å². The molecule has 23 heavy (non-hydrogen) atoms. The van der Waals surface area contributed by atoms with Gasteiger partial charge in [0, 0.05) is 24.3 Å². The summed E-state index contributed by atoms with van der Waals surface area (Å²) in [6.45, 7) is 5.01. The molecule has 0 amide bonds. The summed E-state index contributed by atoms with van der Waals surface area (Å²) in [5.41, 5.74) is 8.18. The van der Waals surface area contributed by atoms with E-state index in [1.54, 1.807) is 0 Å². The van der Waals surface area contributed by atoms with Crippen LogP contribution in [0.15, 0.2) is 48.7 Å². The summed E-state index contributed by atoms with van der Waals surface area (Å²) in [6.07, 6.45) is 4.22. The first-order chi connectivity index (χ1) is 11.2. The molecule has 1 saturated heterocycles. The van der Waals surface area contributed by atoms with Crippen LogP contribution in [0.2, 0.25) is 0 Å². The maximum atomic E-state index is 5.99. The van der Waals surface area contributed by atoms with Crippen LogP contribution >= 0.6 is 0 Å². The Kier molecular flexibility index (Phi) is 5.26. The molecule has 0 saturated carbocycles. The van der Waals surface area contributed by atoms with Crippen molar-refractivity contribution < 1.29 is 4.74 Å². The molecule has 1 fully saturated rings. The van der Waals surface area contributed by atoms with Crippen LogP contribution < -0.4 is 5.73 Å². The van der Waals surface area contributed by atoms with Gasteiger partial charge in [0.1, 0.15) is 5.82 Å². The lowest BCUT2D eigenvalue weighted by Crippen LogP contribution is -2.45. The lowest BCUT2D eigenvalue weighted by atomic mass is 10.1. The van der Waals surface area contributed by atoms with E-state index in [0.29, 0.717) is 11.9 Å². The van der Waals surface area contributed by atoms with Gasteiger partial charge in [0.05, 0.1) is 12.7 Å². The second-order valence-electron chi connectivity index (χ2n) is 6.27. The number of anilines is 1. The van der Waals surface area contributed by atoms with Crippen molar-refractivity contribution in [1.29, 1.82) is 0 Å². The number of nitrogens with two attached hydrogens (primary N) is 1. The summed E-state index contributed by atoms with van der Waals surface area (Å²) >= 11 is 0. The Labute approximate surface area is 138 Å². The zero-order valence-electron chi connectivity index (χ0n) is 13.7. The molecule has 2 N–H and O–H groups in total. The van der Waals surface area contributed by atoms with Gasteiger partial charge >= 0.3 is 0 Å². The highest BCUT2D eigenvalue weighted by Gasteiger charge is 2.26. The second kappa shape index (κ2) is 7.57. The lowest BCUT2D eigenvalue weighted by molar-refractivity contribution is -0.0602. The van der Waals surface area contributed by atoms with Crippen molar-refractivity contribution in [2.75, 3.05) is 25.4 Å². The normalized spacial score (nSPS) is 22.1. The quantitative estimate of drug-likeness (QED) is 0.922. The minimum absolute atomic E-state index is 0.0935. The average molecular weight is 311 g/mol. The number of hydrogen-bond donors (Lipinski definition) is 1. The van der Waals surface area contributed by atoms with Crippen LogP contribution in [0.3, 0.4) is 0 Å². The fraction of sp³-hybridized carbons (Fsp3) is 0.421. The number of nitrogens with zero attached hydrogens (tertiary/aromatic N) is 2. The Balaban J connectivity index is 1.54. The van der Waals surface area contributed by atoms with Gasteiger partial charge in [0.25, 0.3) is 0 Å². The van der Waals surface area contributed by atoms with Crippen molar-refractivity contribution >= 4 is 5.82 Å². The third kappa shape index (κ3) is 4.30. The number of aromatic nitrogens is 1. The Morgan fingerprint density at radius 3 is 2.78 bits per heavy atom. The first kappa shape index (κ1) is 16.0. The summed E-state index contributed by atoms with van der Waals surface area (Å²) < 4.78 is 5.99. The third-order valence-corrected chi connectivity index (χ3v) is 4.50. The molecule has 0 radical (unpaired) electrons. The van der Waals surface area contributed by atoms with Crippen molar-refractivity contribution in [2.24, 2.45) is 0 Å². The molecule has 0 bridgehead atoms. The van der Waals surface area contributed by atoms with E-state index in [9.17, 15) is 0 Å². The second-order valence-corrected chi connectivity index (χ2v) is 6.27. The molecule has 1 unspecified atom stereocenters. The summed E-state index contributed by atoms with van der Waals surface area (Å²) in [6, 6.07) is 15.0. The van der Waals surface area contributed by atoms with Gasteiger partial charge in [0.15, 0.2) is 0 Å². The molecule has 2 heterocycles. The molecule has 0 spiro atoms. The highest BCUT2D eigenvalue weighted by atomic mass is 16.5. The highest BCUT2D eigenvalue weighted by Crippen LogP contribution is 2.25.